The lowest BCUT2D eigenvalue weighted by molar-refractivity contribution is 0.0527. The Morgan fingerprint density at radius 2 is 1.90 bits per heavy atom. The van der Waals surface area contributed by atoms with Gasteiger partial charge in [0.05, 0.1) is 12.2 Å². The van der Waals surface area contributed by atoms with Crippen molar-refractivity contribution in [2.75, 3.05) is 11.9 Å². The molecule has 1 saturated carbocycles. The minimum atomic E-state index is -0.239. The second-order valence-electron chi connectivity index (χ2n) is 6.27. The molecule has 0 spiro atoms. The van der Waals surface area contributed by atoms with E-state index in [1.807, 2.05) is 31.2 Å². The lowest BCUT2D eigenvalue weighted by Gasteiger charge is -2.32. The van der Waals surface area contributed by atoms with Crippen LogP contribution >= 0.6 is 0 Å². The van der Waals surface area contributed by atoms with Crippen LogP contribution in [0.4, 0.5) is 5.69 Å². The van der Waals surface area contributed by atoms with Crippen molar-refractivity contribution in [2.24, 2.45) is 11.8 Å². The fraction of sp³-hybridized carbons (Fsp3) is 0.611. The Balaban J connectivity index is 1.99. The van der Waals surface area contributed by atoms with E-state index < -0.39 is 0 Å². The molecule has 1 aliphatic rings. The van der Waals surface area contributed by atoms with Gasteiger partial charge in [-0.15, -0.1) is 0 Å². The maximum absolute atomic E-state index is 12.0. The van der Waals surface area contributed by atoms with E-state index in [1.54, 1.807) is 0 Å². The molecular formula is C18H27NO2. The van der Waals surface area contributed by atoms with Gasteiger partial charge in [0.1, 0.15) is 0 Å². The minimum absolute atomic E-state index is 0.239. The zero-order valence-corrected chi connectivity index (χ0v) is 13.4. The van der Waals surface area contributed by atoms with Gasteiger partial charge < -0.3 is 10.1 Å². The molecule has 0 unspecified atom stereocenters. The second kappa shape index (κ2) is 7.48. The van der Waals surface area contributed by atoms with E-state index in [0.717, 1.165) is 17.5 Å². The lowest BCUT2D eigenvalue weighted by Crippen LogP contribution is -2.28. The van der Waals surface area contributed by atoms with Gasteiger partial charge in [0.2, 0.25) is 0 Å². The first kappa shape index (κ1) is 15.9. The molecular weight excluding hydrogens is 262 g/mol. The largest absolute Gasteiger partial charge is 0.462 e. The van der Waals surface area contributed by atoms with Crippen molar-refractivity contribution in [1.29, 1.82) is 0 Å². The van der Waals surface area contributed by atoms with Crippen molar-refractivity contribution in [2.45, 2.75) is 52.5 Å². The van der Waals surface area contributed by atoms with Crippen molar-refractivity contribution in [1.82, 2.24) is 0 Å². The summed E-state index contributed by atoms with van der Waals surface area (Å²) < 4.78 is 5.13. The third kappa shape index (κ3) is 4.23. The highest BCUT2D eigenvalue weighted by Crippen LogP contribution is 2.31. The summed E-state index contributed by atoms with van der Waals surface area (Å²) in [6.45, 7) is 6.87. The van der Waals surface area contributed by atoms with Crippen LogP contribution in [0.15, 0.2) is 24.3 Å². The van der Waals surface area contributed by atoms with Gasteiger partial charge in [0, 0.05) is 11.7 Å². The van der Waals surface area contributed by atoms with Crippen LogP contribution in [-0.2, 0) is 4.74 Å². The Bertz CT molecular complexity index is 462. The van der Waals surface area contributed by atoms with Gasteiger partial charge in [-0.05, 0) is 56.6 Å². The molecule has 3 heteroatoms. The van der Waals surface area contributed by atoms with E-state index >= 15 is 0 Å². The second-order valence-corrected chi connectivity index (χ2v) is 6.27. The van der Waals surface area contributed by atoms with Crippen LogP contribution in [0.2, 0.25) is 0 Å². The Morgan fingerprint density at radius 1 is 1.24 bits per heavy atom. The highest BCUT2D eigenvalue weighted by atomic mass is 16.5. The number of hydrogen-bond acceptors (Lipinski definition) is 3. The number of esters is 1. The number of hydrogen-bond donors (Lipinski definition) is 1. The summed E-state index contributed by atoms with van der Waals surface area (Å²) in [4.78, 5) is 12.0. The number of benzene rings is 1. The molecule has 0 amide bonds. The van der Waals surface area contributed by atoms with Gasteiger partial charge in [0.15, 0.2) is 0 Å². The Hall–Kier alpha value is -1.51. The van der Waals surface area contributed by atoms with Crippen molar-refractivity contribution >= 4 is 11.7 Å². The molecule has 0 aromatic heterocycles. The van der Waals surface area contributed by atoms with E-state index in [0.29, 0.717) is 18.2 Å². The minimum Gasteiger partial charge on any atom is -0.462 e. The first-order chi connectivity index (χ1) is 10.1. The molecule has 1 N–H and O–H groups in total. The fourth-order valence-electron chi connectivity index (χ4n) is 3.15. The molecule has 1 aromatic rings. The molecule has 1 aliphatic carbocycles. The summed E-state index contributed by atoms with van der Waals surface area (Å²) in [6.07, 6.45) is 4.91. The molecule has 0 heterocycles. The topological polar surface area (TPSA) is 38.3 Å². The van der Waals surface area contributed by atoms with Crippen LogP contribution in [0.3, 0.4) is 0 Å². The highest BCUT2D eigenvalue weighted by molar-refractivity contribution is 5.95. The van der Waals surface area contributed by atoms with Gasteiger partial charge in [0.25, 0.3) is 0 Å². The molecule has 0 radical (unpaired) electrons. The Labute approximate surface area is 128 Å². The van der Waals surface area contributed by atoms with Crippen molar-refractivity contribution in [3.05, 3.63) is 29.8 Å². The van der Waals surface area contributed by atoms with Crippen LogP contribution in [0.5, 0.6) is 0 Å². The molecule has 0 saturated heterocycles. The van der Waals surface area contributed by atoms with E-state index in [-0.39, 0.29) is 5.97 Å². The SMILES string of the molecule is CCOC(=O)c1ccccc1NC1CCC(C(C)C)CC1. The number of anilines is 1. The quantitative estimate of drug-likeness (QED) is 0.812. The Kier molecular flexibility index (Phi) is 5.66. The van der Waals surface area contributed by atoms with E-state index in [2.05, 4.69) is 19.2 Å². The zero-order valence-electron chi connectivity index (χ0n) is 13.4. The predicted molar refractivity (Wildman–Crippen MR) is 86.6 cm³/mol. The van der Waals surface area contributed by atoms with Gasteiger partial charge >= 0.3 is 5.97 Å². The van der Waals surface area contributed by atoms with Gasteiger partial charge in [-0.2, -0.15) is 0 Å². The number of nitrogens with one attached hydrogen (secondary N) is 1. The summed E-state index contributed by atoms with van der Waals surface area (Å²) in [5.41, 5.74) is 1.55. The molecule has 1 aromatic carbocycles. The normalized spacial score (nSPS) is 22.1. The summed E-state index contributed by atoms with van der Waals surface area (Å²) in [7, 11) is 0. The molecule has 2 rings (SSSR count). The first-order valence-corrected chi connectivity index (χ1v) is 8.14. The van der Waals surface area contributed by atoms with Crippen LogP contribution < -0.4 is 5.32 Å². The Morgan fingerprint density at radius 3 is 2.52 bits per heavy atom. The van der Waals surface area contributed by atoms with Crippen LogP contribution in [0.1, 0.15) is 56.8 Å². The highest BCUT2D eigenvalue weighted by Gasteiger charge is 2.24. The van der Waals surface area contributed by atoms with Crippen molar-refractivity contribution in [3.63, 3.8) is 0 Å². The zero-order chi connectivity index (χ0) is 15.2. The number of carbonyl (C=O) groups is 1. The molecule has 3 nitrogen and oxygen atoms in total. The first-order valence-electron chi connectivity index (χ1n) is 8.14. The molecule has 1 fully saturated rings. The number of rotatable bonds is 5. The maximum atomic E-state index is 12.0. The number of ether oxygens (including phenoxy) is 1. The van der Waals surface area contributed by atoms with Gasteiger partial charge in [-0.3, -0.25) is 0 Å². The average Bonchev–Trinajstić information content (AvgIpc) is 2.48. The molecule has 21 heavy (non-hydrogen) atoms. The summed E-state index contributed by atoms with van der Waals surface area (Å²) in [5.74, 6) is 1.39. The van der Waals surface area contributed by atoms with E-state index in [1.165, 1.54) is 25.7 Å². The fourth-order valence-corrected chi connectivity index (χ4v) is 3.15. The maximum Gasteiger partial charge on any atom is 0.340 e. The number of carbonyl (C=O) groups excluding carboxylic acids is 1. The van der Waals surface area contributed by atoms with Crippen molar-refractivity contribution < 1.29 is 9.53 Å². The standard InChI is InChI=1S/C18H27NO2/c1-4-21-18(20)16-7-5-6-8-17(16)19-15-11-9-14(10-12-15)13(2)3/h5-8,13-15,19H,4,9-12H2,1-3H3. The van der Waals surface area contributed by atoms with E-state index in [9.17, 15) is 4.79 Å². The lowest BCUT2D eigenvalue weighted by atomic mass is 9.79. The summed E-state index contributed by atoms with van der Waals surface area (Å²) in [6, 6.07) is 8.12. The molecule has 0 bridgehead atoms. The van der Waals surface area contributed by atoms with Crippen molar-refractivity contribution in [3.8, 4) is 0 Å². The molecule has 0 aliphatic heterocycles. The number of para-hydroxylation sites is 1. The average molecular weight is 289 g/mol. The van der Waals surface area contributed by atoms with Crippen LogP contribution in [0.25, 0.3) is 0 Å². The summed E-state index contributed by atoms with van der Waals surface area (Å²) in [5, 5.41) is 3.55. The summed E-state index contributed by atoms with van der Waals surface area (Å²) >= 11 is 0. The van der Waals surface area contributed by atoms with Gasteiger partial charge in [-0.1, -0.05) is 26.0 Å². The van der Waals surface area contributed by atoms with E-state index in [4.69, 9.17) is 4.74 Å². The smallest absolute Gasteiger partial charge is 0.340 e. The third-order valence-electron chi connectivity index (χ3n) is 4.50. The third-order valence-corrected chi connectivity index (χ3v) is 4.50. The van der Waals surface area contributed by atoms with Crippen LogP contribution in [-0.4, -0.2) is 18.6 Å². The van der Waals surface area contributed by atoms with Gasteiger partial charge in [-0.25, -0.2) is 4.79 Å². The molecule has 116 valence electrons. The molecule has 0 atom stereocenters. The monoisotopic (exact) mass is 289 g/mol. The predicted octanol–water partition coefficient (Wildman–Crippen LogP) is 4.49. The van der Waals surface area contributed by atoms with Crippen LogP contribution in [0, 0.1) is 11.8 Å².